The van der Waals surface area contributed by atoms with E-state index in [0.717, 1.165) is 53.6 Å². The van der Waals surface area contributed by atoms with E-state index in [1.165, 1.54) is 12.8 Å². The molecule has 3 aromatic rings. The van der Waals surface area contributed by atoms with Crippen LogP contribution in [0.2, 0.25) is 0 Å². The lowest BCUT2D eigenvalue weighted by molar-refractivity contribution is -0.0361. The van der Waals surface area contributed by atoms with Gasteiger partial charge in [-0.2, -0.15) is 5.10 Å². The Morgan fingerprint density at radius 3 is 2.53 bits per heavy atom. The van der Waals surface area contributed by atoms with Gasteiger partial charge in [0.25, 0.3) is 0 Å². The molecule has 2 fully saturated rings. The van der Waals surface area contributed by atoms with Gasteiger partial charge in [-0.3, -0.25) is 4.79 Å². The second-order valence-corrected chi connectivity index (χ2v) is 10.3. The number of Topliss-reactive ketones (excluding diaryl/α,β-unsaturated/α-hetero) is 1. The molecule has 2 saturated carbocycles. The Hall–Kier alpha value is -3.16. The van der Waals surface area contributed by atoms with E-state index in [1.54, 1.807) is 16.9 Å². The second kappa shape index (κ2) is 10.1. The van der Waals surface area contributed by atoms with Crippen LogP contribution >= 0.6 is 0 Å². The molecule has 0 bridgehead atoms. The standard InChI is InChI=1S/C28H33F2N5O.H2/c1-18(23-16-31-27(33-19(23)2)34-22-9-12-28(29,30)13-10-22)21-11-14-35-25(15-21)24(17-32-35)26(36)20-7-5-3-4-6-8-20;/h11,14-17,20,22H,1,3-10,12-13H2,2H3,(H,31,33,34);1H. The van der Waals surface area contributed by atoms with Crippen molar-refractivity contribution in [3.8, 4) is 0 Å². The third-order valence-electron chi connectivity index (χ3n) is 7.72. The number of fused-ring (bicyclic) bond motifs is 1. The van der Waals surface area contributed by atoms with Crippen molar-refractivity contribution in [3.63, 3.8) is 0 Å². The molecule has 0 amide bonds. The lowest BCUT2D eigenvalue weighted by Crippen LogP contribution is -2.32. The third kappa shape index (κ3) is 5.18. The lowest BCUT2D eigenvalue weighted by Gasteiger charge is -2.28. The van der Waals surface area contributed by atoms with Crippen LogP contribution in [0.4, 0.5) is 14.7 Å². The SMILES string of the molecule is C=C(c1ccn2ncc(C(=O)C3CCCCCC3)c2c1)c1cnc(NC2CCC(F)(F)CC2)nc1C.[HH]. The van der Waals surface area contributed by atoms with Gasteiger partial charge in [0.05, 0.1) is 23.0 Å². The largest absolute Gasteiger partial charge is 0.351 e. The van der Waals surface area contributed by atoms with Gasteiger partial charge >= 0.3 is 0 Å². The Bertz CT molecular complexity index is 1270. The highest BCUT2D eigenvalue weighted by Crippen LogP contribution is 2.34. The molecule has 5 rings (SSSR count). The molecule has 8 heteroatoms. The lowest BCUT2D eigenvalue weighted by atomic mass is 9.91. The number of carbonyl (C=O) groups is 1. The van der Waals surface area contributed by atoms with E-state index in [4.69, 9.17) is 0 Å². The van der Waals surface area contributed by atoms with Gasteiger partial charge in [0, 0.05) is 44.2 Å². The van der Waals surface area contributed by atoms with E-state index in [0.29, 0.717) is 24.4 Å². The predicted molar refractivity (Wildman–Crippen MR) is 139 cm³/mol. The summed E-state index contributed by atoms with van der Waals surface area (Å²) in [4.78, 5) is 22.3. The van der Waals surface area contributed by atoms with Crippen LogP contribution in [0.1, 0.15) is 92.8 Å². The number of rotatable bonds is 6. The molecule has 0 unspecified atom stereocenters. The number of halogens is 2. The summed E-state index contributed by atoms with van der Waals surface area (Å²) in [5.74, 6) is -1.86. The molecule has 0 atom stereocenters. The van der Waals surface area contributed by atoms with E-state index in [2.05, 4.69) is 27.0 Å². The first-order valence-corrected chi connectivity index (χ1v) is 13.0. The Morgan fingerprint density at radius 2 is 1.83 bits per heavy atom. The fourth-order valence-corrected chi connectivity index (χ4v) is 5.48. The minimum atomic E-state index is -2.56. The van der Waals surface area contributed by atoms with Crippen molar-refractivity contribution in [1.29, 1.82) is 0 Å². The number of hydrogen-bond donors (Lipinski definition) is 1. The summed E-state index contributed by atoms with van der Waals surface area (Å²) >= 11 is 0. The van der Waals surface area contributed by atoms with Crippen LogP contribution in [0.25, 0.3) is 11.1 Å². The smallest absolute Gasteiger partial charge is 0.248 e. The van der Waals surface area contributed by atoms with Crippen molar-refractivity contribution < 1.29 is 15.0 Å². The van der Waals surface area contributed by atoms with Crippen LogP contribution in [0.15, 0.2) is 37.3 Å². The van der Waals surface area contributed by atoms with Gasteiger partial charge in [-0.15, -0.1) is 0 Å². The Labute approximate surface area is 211 Å². The molecule has 192 valence electrons. The zero-order chi connectivity index (χ0) is 25.3. The molecular weight excluding hydrogens is 460 g/mol. The van der Waals surface area contributed by atoms with Crippen molar-refractivity contribution in [2.24, 2.45) is 5.92 Å². The molecule has 0 saturated heterocycles. The highest BCUT2D eigenvalue weighted by atomic mass is 19.3. The van der Waals surface area contributed by atoms with E-state index < -0.39 is 5.92 Å². The molecular formula is C28H35F2N5O. The number of nitrogens with one attached hydrogen (secondary N) is 1. The van der Waals surface area contributed by atoms with Gasteiger partial charge in [-0.1, -0.05) is 32.3 Å². The highest BCUT2D eigenvalue weighted by Gasteiger charge is 2.35. The maximum Gasteiger partial charge on any atom is 0.248 e. The number of pyridine rings is 1. The van der Waals surface area contributed by atoms with Crippen LogP contribution in [-0.4, -0.2) is 37.3 Å². The van der Waals surface area contributed by atoms with Crippen LogP contribution in [0.3, 0.4) is 0 Å². The van der Waals surface area contributed by atoms with Crippen LogP contribution in [0.5, 0.6) is 0 Å². The van der Waals surface area contributed by atoms with E-state index in [-0.39, 0.29) is 32.0 Å². The fraction of sp³-hybridized carbons (Fsp3) is 0.500. The normalized spacial score (nSPS) is 19.2. The minimum absolute atomic E-state index is 0. The molecule has 36 heavy (non-hydrogen) atoms. The van der Waals surface area contributed by atoms with E-state index in [9.17, 15) is 13.6 Å². The first-order chi connectivity index (χ1) is 17.3. The van der Waals surface area contributed by atoms with Crippen LogP contribution in [-0.2, 0) is 0 Å². The third-order valence-corrected chi connectivity index (χ3v) is 7.72. The summed E-state index contributed by atoms with van der Waals surface area (Å²) in [6, 6.07) is 3.84. The summed E-state index contributed by atoms with van der Waals surface area (Å²) in [5.41, 5.74) is 4.64. The number of hydrogen-bond acceptors (Lipinski definition) is 5. The molecule has 3 heterocycles. The maximum atomic E-state index is 13.4. The van der Waals surface area contributed by atoms with Gasteiger partial charge in [0.1, 0.15) is 0 Å². The number of anilines is 1. The highest BCUT2D eigenvalue weighted by molar-refractivity contribution is 6.04. The molecule has 3 aromatic heterocycles. The zero-order valence-corrected chi connectivity index (χ0v) is 20.8. The Kier molecular flexibility index (Phi) is 6.86. The fourth-order valence-electron chi connectivity index (χ4n) is 5.48. The van der Waals surface area contributed by atoms with Gasteiger partial charge in [0.2, 0.25) is 11.9 Å². The summed E-state index contributed by atoms with van der Waals surface area (Å²) in [6.45, 7) is 6.18. The molecule has 0 spiro atoms. The van der Waals surface area contributed by atoms with Crippen molar-refractivity contribution in [3.05, 3.63) is 59.7 Å². The minimum Gasteiger partial charge on any atom is -0.351 e. The zero-order valence-electron chi connectivity index (χ0n) is 20.8. The summed E-state index contributed by atoms with van der Waals surface area (Å²) < 4.78 is 28.6. The maximum absolute atomic E-state index is 13.4. The second-order valence-electron chi connectivity index (χ2n) is 10.3. The quantitative estimate of drug-likeness (QED) is 0.298. The number of nitrogens with zero attached hydrogens (tertiary/aromatic N) is 4. The predicted octanol–water partition coefficient (Wildman–Crippen LogP) is 6.88. The van der Waals surface area contributed by atoms with Crippen molar-refractivity contribution in [2.75, 3.05) is 5.32 Å². The molecule has 1 N–H and O–H groups in total. The Morgan fingerprint density at radius 1 is 1.11 bits per heavy atom. The number of alkyl halides is 2. The molecule has 0 radical (unpaired) electrons. The van der Waals surface area contributed by atoms with E-state index >= 15 is 0 Å². The molecule has 2 aliphatic carbocycles. The summed E-state index contributed by atoms with van der Waals surface area (Å²) in [6.07, 6.45) is 12.4. The number of aromatic nitrogens is 4. The first-order valence-electron chi connectivity index (χ1n) is 13.0. The van der Waals surface area contributed by atoms with Crippen LogP contribution in [0, 0.1) is 12.8 Å². The van der Waals surface area contributed by atoms with Crippen LogP contribution < -0.4 is 5.32 Å². The topological polar surface area (TPSA) is 72.2 Å². The van der Waals surface area contributed by atoms with Gasteiger partial charge in [-0.25, -0.2) is 23.3 Å². The molecule has 0 aliphatic heterocycles. The summed E-state index contributed by atoms with van der Waals surface area (Å²) in [5, 5.41) is 7.62. The number of carbonyl (C=O) groups excluding carboxylic acids is 1. The average molecular weight is 496 g/mol. The summed E-state index contributed by atoms with van der Waals surface area (Å²) in [7, 11) is 0. The first kappa shape index (κ1) is 24.5. The van der Waals surface area contributed by atoms with Crippen molar-refractivity contribution >= 4 is 22.8 Å². The van der Waals surface area contributed by atoms with Gasteiger partial charge < -0.3 is 5.32 Å². The monoisotopic (exact) mass is 495 g/mol. The average Bonchev–Trinajstić information content (AvgIpc) is 3.09. The number of ketones is 1. The van der Waals surface area contributed by atoms with Crippen molar-refractivity contribution in [2.45, 2.75) is 83.1 Å². The van der Waals surface area contributed by atoms with Gasteiger partial charge in [0.15, 0.2) is 5.78 Å². The molecule has 0 aromatic carbocycles. The molecule has 2 aliphatic rings. The van der Waals surface area contributed by atoms with Gasteiger partial charge in [-0.05, 0) is 55.9 Å². The van der Waals surface area contributed by atoms with E-state index in [1.807, 2.05) is 25.3 Å². The molecule has 6 nitrogen and oxygen atoms in total. The van der Waals surface area contributed by atoms with Crippen molar-refractivity contribution in [1.82, 2.24) is 19.6 Å². The Balaban J connectivity index is 0.00000320. The number of aryl methyl sites for hydroxylation is 1.